The predicted octanol–water partition coefficient (Wildman–Crippen LogP) is 3.46. The van der Waals surface area contributed by atoms with Gasteiger partial charge in [-0.2, -0.15) is 0 Å². The van der Waals surface area contributed by atoms with E-state index in [2.05, 4.69) is 13.8 Å². The Balaban J connectivity index is 2.30. The third-order valence-corrected chi connectivity index (χ3v) is 4.02. The van der Waals surface area contributed by atoms with E-state index in [1.165, 1.54) is 0 Å². The van der Waals surface area contributed by atoms with Gasteiger partial charge >= 0.3 is 5.97 Å². The molecule has 18 heavy (non-hydrogen) atoms. The molecule has 3 nitrogen and oxygen atoms in total. The summed E-state index contributed by atoms with van der Waals surface area (Å²) in [4.78, 5) is 24.2. The number of carbonyl (C=O) groups is 2. The molecule has 0 saturated heterocycles. The molecule has 2 rings (SSSR count). The Morgan fingerprint density at radius 2 is 2.17 bits per heavy atom. The van der Waals surface area contributed by atoms with Gasteiger partial charge in [0, 0.05) is 28.0 Å². The van der Waals surface area contributed by atoms with Crippen molar-refractivity contribution in [3.8, 4) is 5.75 Å². The average Bonchev–Trinajstić information content (AvgIpc) is 2.28. The zero-order valence-electron chi connectivity index (χ0n) is 10.8. The maximum atomic E-state index is 12.1. The van der Waals surface area contributed by atoms with Crippen LogP contribution in [0.3, 0.4) is 0 Å². The Bertz CT molecular complexity index is 506. The molecule has 1 aliphatic rings. The molecule has 0 radical (unpaired) electrons. The summed E-state index contributed by atoms with van der Waals surface area (Å²) in [7, 11) is 0. The SMILES string of the molecule is CCC(=O)Oc1ccc2c(c1)C(=O)CC(C)(C)S2. The van der Waals surface area contributed by atoms with E-state index in [0.717, 1.165) is 4.90 Å². The zero-order chi connectivity index (χ0) is 13.3. The second-order valence-corrected chi connectivity index (χ2v) is 6.70. The largest absolute Gasteiger partial charge is 0.427 e. The van der Waals surface area contributed by atoms with E-state index in [0.29, 0.717) is 24.2 Å². The first kappa shape index (κ1) is 13.1. The second-order valence-electron chi connectivity index (χ2n) is 4.95. The van der Waals surface area contributed by atoms with E-state index in [-0.39, 0.29) is 16.5 Å². The molecule has 0 aromatic heterocycles. The van der Waals surface area contributed by atoms with Crippen molar-refractivity contribution in [1.82, 2.24) is 0 Å². The summed E-state index contributed by atoms with van der Waals surface area (Å²) in [5.74, 6) is 0.281. The van der Waals surface area contributed by atoms with Crippen molar-refractivity contribution in [3.63, 3.8) is 0 Å². The Morgan fingerprint density at radius 1 is 1.44 bits per heavy atom. The number of rotatable bonds is 2. The van der Waals surface area contributed by atoms with Gasteiger partial charge in [0.05, 0.1) is 0 Å². The minimum absolute atomic E-state index is 0.0638. The van der Waals surface area contributed by atoms with Crippen molar-refractivity contribution in [2.45, 2.75) is 43.3 Å². The quantitative estimate of drug-likeness (QED) is 0.606. The van der Waals surface area contributed by atoms with Crippen LogP contribution in [0.1, 0.15) is 44.0 Å². The molecule has 1 aromatic rings. The fourth-order valence-electron chi connectivity index (χ4n) is 1.90. The predicted molar refractivity (Wildman–Crippen MR) is 71.3 cm³/mol. The second kappa shape index (κ2) is 4.76. The van der Waals surface area contributed by atoms with Gasteiger partial charge in [-0.25, -0.2) is 0 Å². The van der Waals surface area contributed by atoms with E-state index in [1.54, 1.807) is 30.8 Å². The molecule has 1 aromatic carbocycles. The molecule has 0 atom stereocenters. The van der Waals surface area contributed by atoms with Gasteiger partial charge in [0.25, 0.3) is 0 Å². The number of hydrogen-bond donors (Lipinski definition) is 0. The summed E-state index contributed by atoms with van der Waals surface area (Å²) in [5.41, 5.74) is 0.667. The lowest BCUT2D eigenvalue weighted by atomic mass is 9.99. The first-order valence-electron chi connectivity index (χ1n) is 5.98. The summed E-state index contributed by atoms with van der Waals surface area (Å²) in [6.07, 6.45) is 0.836. The minimum Gasteiger partial charge on any atom is -0.427 e. The molecule has 0 saturated carbocycles. The van der Waals surface area contributed by atoms with E-state index in [9.17, 15) is 9.59 Å². The molecule has 1 aliphatic heterocycles. The lowest BCUT2D eigenvalue weighted by Gasteiger charge is -2.29. The molecule has 96 valence electrons. The zero-order valence-corrected chi connectivity index (χ0v) is 11.6. The van der Waals surface area contributed by atoms with Crippen molar-refractivity contribution < 1.29 is 14.3 Å². The van der Waals surface area contributed by atoms with Gasteiger partial charge in [-0.05, 0) is 32.0 Å². The Morgan fingerprint density at radius 3 is 2.83 bits per heavy atom. The summed E-state index contributed by atoms with van der Waals surface area (Å²) in [6.45, 7) is 5.86. The fraction of sp³-hybridized carbons (Fsp3) is 0.429. The molecule has 1 heterocycles. The van der Waals surface area contributed by atoms with Gasteiger partial charge in [0.1, 0.15) is 5.75 Å². The van der Waals surface area contributed by atoms with Crippen LogP contribution < -0.4 is 4.74 Å². The highest BCUT2D eigenvalue weighted by molar-refractivity contribution is 8.00. The van der Waals surface area contributed by atoms with Crippen molar-refractivity contribution in [2.75, 3.05) is 0 Å². The highest BCUT2D eigenvalue weighted by atomic mass is 32.2. The molecule has 4 heteroatoms. The summed E-state index contributed by atoms with van der Waals surface area (Å²) in [6, 6.07) is 5.28. The third kappa shape index (κ3) is 2.75. The average molecular weight is 264 g/mol. The molecule has 0 N–H and O–H groups in total. The summed E-state index contributed by atoms with van der Waals surface area (Å²) < 4.78 is 5.07. The van der Waals surface area contributed by atoms with Crippen LogP contribution >= 0.6 is 11.8 Å². The molecule has 0 fully saturated rings. The van der Waals surface area contributed by atoms with Gasteiger partial charge in [-0.3, -0.25) is 9.59 Å². The van der Waals surface area contributed by atoms with Crippen molar-refractivity contribution in [3.05, 3.63) is 23.8 Å². The molecule has 0 aliphatic carbocycles. The van der Waals surface area contributed by atoms with Crippen molar-refractivity contribution in [1.29, 1.82) is 0 Å². The monoisotopic (exact) mass is 264 g/mol. The number of hydrogen-bond acceptors (Lipinski definition) is 4. The van der Waals surface area contributed by atoms with Crippen LogP contribution in [0, 0.1) is 0 Å². The number of benzene rings is 1. The molecule has 0 amide bonds. The van der Waals surface area contributed by atoms with Crippen LogP contribution in [0.25, 0.3) is 0 Å². The van der Waals surface area contributed by atoms with Crippen LogP contribution in [0.2, 0.25) is 0 Å². The fourth-order valence-corrected chi connectivity index (χ4v) is 3.12. The number of ketones is 1. The van der Waals surface area contributed by atoms with Crippen molar-refractivity contribution in [2.24, 2.45) is 0 Å². The Hall–Kier alpha value is -1.29. The van der Waals surface area contributed by atoms with E-state index < -0.39 is 0 Å². The van der Waals surface area contributed by atoms with Crippen LogP contribution in [-0.2, 0) is 4.79 Å². The normalized spacial score (nSPS) is 17.2. The topological polar surface area (TPSA) is 43.4 Å². The van der Waals surface area contributed by atoms with Gasteiger partial charge in [-0.15, -0.1) is 11.8 Å². The lowest BCUT2D eigenvalue weighted by molar-refractivity contribution is -0.134. The standard InChI is InChI=1S/C14H16O3S/c1-4-13(16)17-9-5-6-12-10(7-9)11(15)8-14(2,3)18-12/h5-7H,4,8H2,1-3H3. The third-order valence-electron chi connectivity index (χ3n) is 2.74. The maximum Gasteiger partial charge on any atom is 0.310 e. The summed E-state index contributed by atoms with van der Waals surface area (Å²) >= 11 is 1.69. The molecule has 0 unspecified atom stereocenters. The molecule has 0 spiro atoms. The van der Waals surface area contributed by atoms with E-state index in [1.807, 2.05) is 6.07 Å². The Kier molecular flexibility index (Phi) is 3.48. The lowest BCUT2D eigenvalue weighted by Crippen LogP contribution is -2.25. The highest BCUT2D eigenvalue weighted by Gasteiger charge is 2.31. The number of esters is 1. The Labute approximate surface area is 111 Å². The van der Waals surface area contributed by atoms with Crippen LogP contribution in [0.4, 0.5) is 0 Å². The van der Waals surface area contributed by atoms with Crippen LogP contribution in [-0.4, -0.2) is 16.5 Å². The van der Waals surface area contributed by atoms with Crippen LogP contribution in [0.5, 0.6) is 5.75 Å². The number of ether oxygens (including phenoxy) is 1. The first-order chi connectivity index (χ1) is 8.41. The number of thioether (sulfide) groups is 1. The summed E-state index contributed by atoms with van der Waals surface area (Å²) in [5, 5.41) is 0. The number of fused-ring (bicyclic) bond motifs is 1. The number of Topliss-reactive ketones (excluding diaryl/α,β-unsaturated/α-hetero) is 1. The van der Waals surface area contributed by atoms with Gasteiger partial charge in [0.15, 0.2) is 5.78 Å². The van der Waals surface area contributed by atoms with Crippen molar-refractivity contribution >= 4 is 23.5 Å². The molecular formula is C14H16O3S. The minimum atomic E-state index is -0.286. The van der Waals surface area contributed by atoms with Crippen LogP contribution in [0.15, 0.2) is 23.1 Å². The van der Waals surface area contributed by atoms with E-state index >= 15 is 0 Å². The molecular weight excluding hydrogens is 248 g/mol. The maximum absolute atomic E-state index is 12.1. The van der Waals surface area contributed by atoms with Gasteiger partial charge < -0.3 is 4.74 Å². The molecule has 0 bridgehead atoms. The number of carbonyl (C=O) groups excluding carboxylic acids is 2. The van der Waals surface area contributed by atoms with Gasteiger partial charge in [-0.1, -0.05) is 6.92 Å². The van der Waals surface area contributed by atoms with Gasteiger partial charge in [0.2, 0.25) is 0 Å². The smallest absolute Gasteiger partial charge is 0.310 e. The van der Waals surface area contributed by atoms with E-state index in [4.69, 9.17) is 4.74 Å². The highest BCUT2D eigenvalue weighted by Crippen LogP contribution is 2.43. The first-order valence-corrected chi connectivity index (χ1v) is 6.80.